The Labute approximate surface area is 138 Å². The van der Waals surface area contributed by atoms with Gasteiger partial charge in [-0.1, -0.05) is 0 Å². The van der Waals surface area contributed by atoms with Crippen molar-refractivity contribution in [1.29, 1.82) is 0 Å². The first kappa shape index (κ1) is 19.5. The summed E-state index contributed by atoms with van der Waals surface area (Å²) in [6.45, 7) is 0. The average molecular weight is 366 g/mol. The fourth-order valence-electron chi connectivity index (χ4n) is 1.50. The van der Waals surface area contributed by atoms with Crippen molar-refractivity contribution in [3.8, 4) is 0 Å². The van der Waals surface area contributed by atoms with E-state index in [9.17, 15) is 32.9 Å². The van der Waals surface area contributed by atoms with Crippen molar-refractivity contribution in [2.45, 2.75) is 12.6 Å². The molecule has 4 N–H and O–H groups in total. The lowest BCUT2D eigenvalue weighted by atomic mass is 10.1. The number of nitro groups is 1. The number of hydrazine groups is 1. The van der Waals surface area contributed by atoms with Crippen molar-refractivity contribution in [2.75, 3.05) is 16.9 Å². The number of nitrogens with zero attached hydrogens (tertiary/aromatic N) is 1. The van der Waals surface area contributed by atoms with E-state index in [4.69, 9.17) is 5.73 Å². The Hall–Kier alpha value is -2.50. The topological polar surface area (TPSA) is 127 Å². The SMILES string of the molecule is NC(=O)CSCCC(=O)NNc1ccc(C(F)(F)F)cc1[N+](=O)[O-]. The van der Waals surface area contributed by atoms with E-state index in [2.05, 4.69) is 10.9 Å². The maximum atomic E-state index is 12.6. The largest absolute Gasteiger partial charge is 0.416 e. The monoisotopic (exact) mass is 366 g/mol. The van der Waals surface area contributed by atoms with Crippen LogP contribution in [0.25, 0.3) is 0 Å². The molecule has 0 aliphatic rings. The summed E-state index contributed by atoms with van der Waals surface area (Å²) in [6.07, 6.45) is -4.73. The van der Waals surface area contributed by atoms with E-state index in [0.717, 1.165) is 17.8 Å². The number of nitrogens with two attached hydrogens (primary N) is 1. The summed E-state index contributed by atoms with van der Waals surface area (Å²) < 4.78 is 37.7. The van der Waals surface area contributed by atoms with Gasteiger partial charge in [-0.3, -0.25) is 30.6 Å². The van der Waals surface area contributed by atoms with Crippen molar-refractivity contribution in [3.05, 3.63) is 33.9 Å². The molecule has 1 rings (SSSR count). The predicted octanol–water partition coefficient (Wildman–Crippen LogP) is 1.67. The number of anilines is 1. The predicted molar refractivity (Wildman–Crippen MR) is 81.0 cm³/mol. The zero-order valence-electron chi connectivity index (χ0n) is 12.1. The number of rotatable bonds is 8. The van der Waals surface area contributed by atoms with Crippen molar-refractivity contribution in [3.63, 3.8) is 0 Å². The second-order valence-electron chi connectivity index (χ2n) is 4.43. The molecule has 8 nitrogen and oxygen atoms in total. The molecule has 1 aromatic rings. The first-order valence-corrected chi connectivity index (χ1v) is 7.53. The molecule has 0 fully saturated rings. The van der Waals surface area contributed by atoms with Crippen LogP contribution >= 0.6 is 11.8 Å². The highest BCUT2D eigenvalue weighted by Gasteiger charge is 2.33. The molecule has 0 heterocycles. The van der Waals surface area contributed by atoms with E-state index in [1.807, 2.05) is 0 Å². The number of nitrogens with one attached hydrogen (secondary N) is 2. The molecule has 0 aliphatic heterocycles. The minimum Gasteiger partial charge on any atom is -0.369 e. The number of benzene rings is 1. The number of halogens is 3. The third-order valence-electron chi connectivity index (χ3n) is 2.58. The molecule has 0 saturated heterocycles. The Kier molecular flexibility index (Phi) is 6.82. The Morgan fingerprint density at radius 3 is 2.54 bits per heavy atom. The van der Waals surface area contributed by atoms with E-state index < -0.39 is 34.2 Å². The van der Waals surface area contributed by atoms with Crippen LogP contribution in [0.15, 0.2) is 18.2 Å². The van der Waals surface area contributed by atoms with Gasteiger partial charge in [0.25, 0.3) is 5.69 Å². The number of thioether (sulfide) groups is 1. The van der Waals surface area contributed by atoms with Crippen molar-refractivity contribution in [1.82, 2.24) is 5.43 Å². The maximum Gasteiger partial charge on any atom is 0.416 e. The van der Waals surface area contributed by atoms with Crippen LogP contribution in [0.1, 0.15) is 12.0 Å². The number of primary amides is 1. The summed E-state index contributed by atoms with van der Waals surface area (Å²) >= 11 is 1.13. The van der Waals surface area contributed by atoms with Crippen LogP contribution in [0.3, 0.4) is 0 Å². The molecule has 0 spiro atoms. The van der Waals surface area contributed by atoms with Gasteiger partial charge in [-0.25, -0.2) is 0 Å². The van der Waals surface area contributed by atoms with Gasteiger partial charge < -0.3 is 5.73 Å². The van der Waals surface area contributed by atoms with Crippen molar-refractivity contribution >= 4 is 35.0 Å². The molecule has 2 amide bonds. The third-order valence-corrected chi connectivity index (χ3v) is 3.56. The van der Waals surface area contributed by atoms with Crippen LogP contribution in [-0.2, 0) is 15.8 Å². The van der Waals surface area contributed by atoms with Crippen LogP contribution in [-0.4, -0.2) is 28.2 Å². The van der Waals surface area contributed by atoms with Gasteiger partial charge in [0.1, 0.15) is 5.69 Å². The van der Waals surface area contributed by atoms with Crippen LogP contribution < -0.4 is 16.6 Å². The minimum absolute atomic E-state index is 0.0145. The van der Waals surface area contributed by atoms with Gasteiger partial charge in [-0.15, -0.1) is 0 Å². The van der Waals surface area contributed by atoms with E-state index in [0.29, 0.717) is 12.1 Å². The summed E-state index contributed by atoms with van der Waals surface area (Å²) in [5, 5.41) is 10.9. The minimum atomic E-state index is -4.72. The summed E-state index contributed by atoms with van der Waals surface area (Å²) in [5.41, 5.74) is 6.98. The lowest BCUT2D eigenvalue weighted by Gasteiger charge is -2.11. The molecular formula is C12H13F3N4O4S. The van der Waals surface area contributed by atoms with Crippen LogP contribution in [0, 0.1) is 10.1 Å². The number of alkyl halides is 3. The van der Waals surface area contributed by atoms with Crippen molar-refractivity contribution < 1.29 is 27.7 Å². The quantitative estimate of drug-likeness (QED) is 0.365. The molecule has 12 heteroatoms. The second kappa shape index (κ2) is 8.38. The number of amides is 2. The molecule has 0 radical (unpaired) electrons. The first-order chi connectivity index (χ1) is 11.1. The number of carbonyl (C=O) groups is 2. The normalized spacial score (nSPS) is 11.0. The van der Waals surface area contributed by atoms with E-state index in [1.54, 1.807) is 0 Å². The summed E-state index contributed by atoms with van der Waals surface area (Å²) in [7, 11) is 0. The maximum absolute atomic E-state index is 12.6. The molecule has 0 aliphatic carbocycles. The highest BCUT2D eigenvalue weighted by molar-refractivity contribution is 7.99. The van der Waals surface area contributed by atoms with Crippen LogP contribution in [0.5, 0.6) is 0 Å². The van der Waals surface area contributed by atoms with E-state index >= 15 is 0 Å². The van der Waals surface area contributed by atoms with Gasteiger partial charge in [0.15, 0.2) is 0 Å². The molecule has 0 saturated carbocycles. The lowest BCUT2D eigenvalue weighted by Crippen LogP contribution is -2.30. The molecule has 0 aromatic heterocycles. The molecule has 0 bridgehead atoms. The van der Waals surface area contributed by atoms with E-state index in [1.165, 1.54) is 0 Å². The van der Waals surface area contributed by atoms with Crippen molar-refractivity contribution in [2.24, 2.45) is 5.73 Å². The summed E-state index contributed by atoms with van der Waals surface area (Å²) in [6, 6.07) is 1.88. The van der Waals surface area contributed by atoms with Gasteiger partial charge in [0.2, 0.25) is 11.8 Å². The number of hydrogen-bond donors (Lipinski definition) is 3. The van der Waals surface area contributed by atoms with Crippen LogP contribution in [0.4, 0.5) is 24.5 Å². The van der Waals surface area contributed by atoms with Gasteiger partial charge in [-0.05, 0) is 12.1 Å². The standard InChI is InChI=1S/C12H13F3N4O4S/c13-12(14,15)7-1-2-8(9(5-7)19(22)23)17-18-11(21)3-4-24-6-10(16)20/h1-2,5,17H,3-4,6H2,(H2,16,20)(H,18,21). The Bertz CT molecular complexity index is 639. The summed E-state index contributed by atoms with van der Waals surface area (Å²) in [5.74, 6) is -0.753. The average Bonchev–Trinajstić information content (AvgIpc) is 2.48. The second-order valence-corrected chi connectivity index (χ2v) is 5.53. The third kappa shape index (κ3) is 6.32. The number of carbonyl (C=O) groups excluding carboxylic acids is 2. The van der Waals surface area contributed by atoms with Gasteiger partial charge in [0, 0.05) is 18.2 Å². The molecule has 0 atom stereocenters. The number of hydrogen-bond acceptors (Lipinski definition) is 6. The molecule has 24 heavy (non-hydrogen) atoms. The molecule has 0 unspecified atom stereocenters. The van der Waals surface area contributed by atoms with E-state index in [-0.39, 0.29) is 23.6 Å². The first-order valence-electron chi connectivity index (χ1n) is 6.38. The van der Waals surface area contributed by atoms with Gasteiger partial charge >= 0.3 is 6.18 Å². The molecular weight excluding hydrogens is 353 g/mol. The smallest absolute Gasteiger partial charge is 0.369 e. The molecule has 132 valence electrons. The molecule has 1 aromatic carbocycles. The highest BCUT2D eigenvalue weighted by Crippen LogP contribution is 2.34. The Balaban J connectivity index is 2.66. The fraction of sp³-hybridized carbons (Fsp3) is 0.333. The van der Waals surface area contributed by atoms with Crippen LogP contribution in [0.2, 0.25) is 0 Å². The van der Waals surface area contributed by atoms with Gasteiger partial charge in [0.05, 0.1) is 16.2 Å². The zero-order valence-corrected chi connectivity index (χ0v) is 12.9. The van der Waals surface area contributed by atoms with Gasteiger partial charge in [-0.2, -0.15) is 24.9 Å². The Morgan fingerprint density at radius 2 is 2.00 bits per heavy atom. The summed E-state index contributed by atoms with van der Waals surface area (Å²) in [4.78, 5) is 31.9. The highest BCUT2D eigenvalue weighted by atomic mass is 32.2. The zero-order chi connectivity index (χ0) is 18.3. The Morgan fingerprint density at radius 1 is 1.33 bits per heavy atom. The lowest BCUT2D eigenvalue weighted by molar-refractivity contribution is -0.384. The fourth-order valence-corrected chi connectivity index (χ4v) is 2.18. The number of nitro benzene ring substituents is 1.